The maximum Gasteiger partial charge on any atom is 0.331 e. The van der Waals surface area contributed by atoms with Crippen LogP contribution in [0.4, 0.5) is 5.82 Å². The van der Waals surface area contributed by atoms with E-state index in [2.05, 4.69) is 10.3 Å². The fourth-order valence-electron chi connectivity index (χ4n) is 1.69. The van der Waals surface area contributed by atoms with Gasteiger partial charge in [-0.25, -0.2) is 9.78 Å². The second-order valence-electron chi connectivity index (χ2n) is 4.71. The number of anilines is 1. The average molecular weight is 376 g/mol. The van der Waals surface area contributed by atoms with E-state index in [1.807, 2.05) is 6.07 Å². The molecule has 0 aliphatic carbocycles. The standard InChI is InChI=1S/C17H11Cl2N3O3/c18-13-7-14(19)17(21-9-13)22-15(23)10-25-16(24)6-5-11-1-3-12(8-20)4-2-11/h1-7,9H,10H2,(H,21,22,23)/b6-5+. The number of nitrogens with one attached hydrogen (secondary N) is 1. The molecule has 2 rings (SSSR count). The van der Waals surface area contributed by atoms with Crippen molar-refractivity contribution in [1.82, 2.24) is 4.98 Å². The Bertz CT molecular complexity index is 858. The first-order valence-electron chi connectivity index (χ1n) is 6.94. The Kier molecular flexibility index (Phi) is 6.52. The molecule has 6 nitrogen and oxygen atoms in total. The molecule has 0 aliphatic rings. The van der Waals surface area contributed by atoms with Gasteiger partial charge >= 0.3 is 5.97 Å². The highest BCUT2D eigenvalue weighted by molar-refractivity contribution is 6.36. The summed E-state index contributed by atoms with van der Waals surface area (Å²) >= 11 is 11.6. The van der Waals surface area contributed by atoms with E-state index in [1.54, 1.807) is 24.3 Å². The van der Waals surface area contributed by atoms with E-state index >= 15 is 0 Å². The quantitative estimate of drug-likeness (QED) is 0.637. The van der Waals surface area contributed by atoms with Crippen LogP contribution in [0.5, 0.6) is 0 Å². The van der Waals surface area contributed by atoms with Gasteiger partial charge < -0.3 is 10.1 Å². The first-order chi connectivity index (χ1) is 12.0. The van der Waals surface area contributed by atoms with Crippen molar-refractivity contribution in [3.05, 3.63) is 63.8 Å². The molecule has 126 valence electrons. The van der Waals surface area contributed by atoms with Crippen molar-refractivity contribution in [3.8, 4) is 6.07 Å². The monoisotopic (exact) mass is 375 g/mol. The number of carbonyl (C=O) groups excluding carboxylic acids is 2. The first kappa shape index (κ1) is 18.5. The third kappa shape index (κ3) is 5.92. The Balaban J connectivity index is 1.83. The Morgan fingerprint density at radius 2 is 2.00 bits per heavy atom. The van der Waals surface area contributed by atoms with Gasteiger partial charge in [-0.1, -0.05) is 35.3 Å². The van der Waals surface area contributed by atoms with Crippen LogP contribution >= 0.6 is 23.2 Å². The van der Waals surface area contributed by atoms with Crippen LogP contribution in [0.2, 0.25) is 10.0 Å². The summed E-state index contributed by atoms with van der Waals surface area (Å²) in [6, 6.07) is 10.0. The number of rotatable bonds is 5. The lowest BCUT2D eigenvalue weighted by atomic mass is 10.1. The van der Waals surface area contributed by atoms with Crippen molar-refractivity contribution < 1.29 is 14.3 Å². The zero-order valence-electron chi connectivity index (χ0n) is 12.7. The summed E-state index contributed by atoms with van der Waals surface area (Å²) in [5, 5.41) is 11.6. The highest BCUT2D eigenvalue weighted by Crippen LogP contribution is 2.22. The first-order valence-corrected chi connectivity index (χ1v) is 7.69. The topological polar surface area (TPSA) is 92.1 Å². The lowest BCUT2D eigenvalue weighted by Crippen LogP contribution is -2.20. The van der Waals surface area contributed by atoms with Crippen LogP contribution in [-0.4, -0.2) is 23.5 Å². The summed E-state index contributed by atoms with van der Waals surface area (Å²) < 4.78 is 4.82. The second-order valence-corrected chi connectivity index (χ2v) is 5.55. The van der Waals surface area contributed by atoms with Crippen LogP contribution in [0.25, 0.3) is 6.08 Å². The van der Waals surface area contributed by atoms with Crippen LogP contribution in [0.3, 0.4) is 0 Å². The van der Waals surface area contributed by atoms with Crippen molar-refractivity contribution in [1.29, 1.82) is 5.26 Å². The number of nitriles is 1. The number of aromatic nitrogens is 1. The van der Waals surface area contributed by atoms with Gasteiger partial charge in [0.05, 0.1) is 21.7 Å². The molecule has 0 saturated heterocycles. The molecule has 1 aromatic carbocycles. The third-order valence-corrected chi connectivity index (χ3v) is 3.36. The Labute approximate surface area is 153 Å². The van der Waals surface area contributed by atoms with Gasteiger partial charge in [0.25, 0.3) is 5.91 Å². The van der Waals surface area contributed by atoms with E-state index in [4.69, 9.17) is 33.2 Å². The van der Waals surface area contributed by atoms with E-state index in [0.29, 0.717) is 10.6 Å². The van der Waals surface area contributed by atoms with Crippen LogP contribution in [0.15, 0.2) is 42.6 Å². The number of ether oxygens (including phenoxy) is 1. The number of benzene rings is 1. The minimum absolute atomic E-state index is 0.125. The van der Waals surface area contributed by atoms with E-state index in [0.717, 1.165) is 5.56 Å². The minimum atomic E-state index is -0.685. The summed E-state index contributed by atoms with van der Waals surface area (Å²) in [7, 11) is 0. The highest BCUT2D eigenvalue weighted by Gasteiger charge is 2.09. The van der Waals surface area contributed by atoms with Crippen molar-refractivity contribution in [2.75, 3.05) is 11.9 Å². The number of hydrogen-bond acceptors (Lipinski definition) is 5. The molecule has 25 heavy (non-hydrogen) atoms. The van der Waals surface area contributed by atoms with Gasteiger partial charge in [0.1, 0.15) is 0 Å². The smallest absolute Gasteiger partial charge is 0.331 e. The SMILES string of the molecule is N#Cc1ccc(/C=C/C(=O)OCC(=O)Nc2ncc(Cl)cc2Cl)cc1. The van der Waals surface area contributed by atoms with E-state index < -0.39 is 18.5 Å². The fourth-order valence-corrected chi connectivity index (χ4v) is 2.12. The fraction of sp³-hybridized carbons (Fsp3) is 0.0588. The van der Waals surface area contributed by atoms with Crippen LogP contribution in [-0.2, 0) is 14.3 Å². The molecule has 1 amide bonds. The lowest BCUT2D eigenvalue weighted by molar-refractivity contribution is -0.142. The second kappa shape index (κ2) is 8.83. The molecule has 1 aromatic heterocycles. The molecule has 0 fully saturated rings. The van der Waals surface area contributed by atoms with Gasteiger partial charge in [0.15, 0.2) is 12.4 Å². The van der Waals surface area contributed by atoms with Crippen molar-refractivity contribution >= 4 is 47.0 Å². The van der Waals surface area contributed by atoms with Crippen molar-refractivity contribution in [2.24, 2.45) is 0 Å². The number of halogens is 2. The number of nitrogens with zero attached hydrogens (tertiary/aromatic N) is 2. The molecule has 0 bridgehead atoms. The zero-order chi connectivity index (χ0) is 18.2. The Morgan fingerprint density at radius 1 is 1.28 bits per heavy atom. The summed E-state index contributed by atoms with van der Waals surface area (Å²) in [6.07, 6.45) is 4.02. The number of hydrogen-bond donors (Lipinski definition) is 1. The Hall–Kier alpha value is -2.88. The summed E-state index contributed by atoms with van der Waals surface area (Å²) in [6.45, 7) is -0.489. The van der Waals surface area contributed by atoms with Crippen molar-refractivity contribution in [3.63, 3.8) is 0 Å². The normalized spacial score (nSPS) is 10.3. The lowest BCUT2D eigenvalue weighted by Gasteiger charge is -2.06. The molecule has 8 heteroatoms. The molecule has 1 N–H and O–H groups in total. The molecule has 1 heterocycles. The molecule has 0 unspecified atom stereocenters. The van der Waals surface area contributed by atoms with Crippen molar-refractivity contribution in [2.45, 2.75) is 0 Å². The number of pyridine rings is 1. The summed E-state index contributed by atoms with van der Waals surface area (Å²) in [5.74, 6) is -1.15. The minimum Gasteiger partial charge on any atom is -0.452 e. The van der Waals surface area contributed by atoms with E-state index in [-0.39, 0.29) is 10.8 Å². The number of amides is 1. The molecule has 0 atom stereocenters. The van der Waals surface area contributed by atoms with Gasteiger partial charge in [-0.15, -0.1) is 0 Å². The predicted molar refractivity (Wildman–Crippen MR) is 94.0 cm³/mol. The van der Waals surface area contributed by atoms with Gasteiger partial charge in [-0.2, -0.15) is 5.26 Å². The molecular weight excluding hydrogens is 365 g/mol. The number of carbonyl (C=O) groups is 2. The van der Waals surface area contributed by atoms with Crippen LogP contribution < -0.4 is 5.32 Å². The van der Waals surface area contributed by atoms with Gasteiger partial charge in [0.2, 0.25) is 0 Å². The number of esters is 1. The summed E-state index contributed by atoms with van der Waals surface area (Å²) in [5.41, 5.74) is 1.24. The largest absolute Gasteiger partial charge is 0.452 e. The molecule has 0 radical (unpaired) electrons. The third-order valence-electron chi connectivity index (χ3n) is 2.86. The molecule has 0 saturated carbocycles. The highest BCUT2D eigenvalue weighted by atomic mass is 35.5. The molecule has 0 aliphatic heterocycles. The van der Waals surface area contributed by atoms with E-state index in [1.165, 1.54) is 24.4 Å². The van der Waals surface area contributed by atoms with E-state index in [9.17, 15) is 9.59 Å². The predicted octanol–water partition coefficient (Wildman–Crippen LogP) is 3.46. The maximum absolute atomic E-state index is 11.7. The maximum atomic E-state index is 11.7. The average Bonchev–Trinajstić information content (AvgIpc) is 2.61. The molecule has 2 aromatic rings. The van der Waals surface area contributed by atoms with Crippen LogP contribution in [0.1, 0.15) is 11.1 Å². The zero-order valence-corrected chi connectivity index (χ0v) is 14.2. The van der Waals surface area contributed by atoms with Gasteiger partial charge in [-0.05, 0) is 29.8 Å². The summed E-state index contributed by atoms with van der Waals surface area (Å²) in [4.78, 5) is 27.2. The van der Waals surface area contributed by atoms with Gasteiger partial charge in [-0.3, -0.25) is 4.79 Å². The Morgan fingerprint density at radius 3 is 2.64 bits per heavy atom. The molecular formula is C17H11Cl2N3O3. The molecule has 0 spiro atoms. The van der Waals surface area contributed by atoms with Gasteiger partial charge in [0, 0.05) is 12.3 Å². The van der Waals surface area contributed by atoms with Crippen LogP contribution in [0, 0.1) is 11.3 Å².